The number of aliphatic hydroxyl groups is 13. The van der Waals surface area contributed by atoms with E-state index in [0.717, 1.165) is 37.7 Å². The Morgan fingerprint density at radius 3 is 1.93 bits per heavy atom. The van der Waals surface area contributed by atoms with Gasteiger partial charge in [-0.25, -0.2) is 0 Å². The highest BCUT2D eigenvalue weighted by atomic mass is 16.8. The first kappa shape index (κ1) is 58.1. The fraction of sp³-hybridized carbons (Fsp3) is 0.962. The highest BCUT2D eigenvalue weighted by molar-refractivity contribution is 5.20. The van der Waals surface area contributed by atoms with Crippen LogP contribution in [0.1, 0.15) is 113 Å². The van der Waals surface area contributed by atoms with Crippen LogP contribution in [0.4, 0.5) is 0 Å². The number of fused-ring (bicyclic) bond motifs is 5. The maximum atomic E-state index is 12.9. The van der Waals surface area contributed by atoms with Gasteiger partial charge in [0.25, 0.3) is 0 Å². The minimum atomic E-state index is -1.75. The fourth-order valence-electron chi connectivity index (χ4n) is 15.7. The molecule has 21 heteroatoms. The summed E-state index contributed by atoms with van der Waals surface area (Å²) in [6.07, 6.45) is -18.2. The molecule has 0 unspecified atom stereocenters. The van der Waals surface area contributed by atoms with E-state index in [9.17, 15) is 66.4 Å². The van der Waals surface area contributed by atoms with Gasteiger partial charge in [0, 0.05) is 12.0 Å². The van der Waals surface area contributed by atoms with Crippen LogP contribution in [0.2, 0.25) is 0 Å². The summed E-state index contributed by atoms with van der Waals surface area (Å²) in [5, 5.41) is 142. The summed E-state index contributed by atoms with van der Waals surface area (Å²) in [5.41, 5.74) is -1.91. The number of ether oxygens (including phenoxy) is 8. The quantitative estimate of drug-likeness (QED) is 0.0697. The van der Waals surface area contributed by atoms with Gasteiger partial charge in [0.15, 0.2) is 25.2 Å². The molecule has 8 fully saturated rings. The molecule has 21 nitrogen and oxygen atoms in total. The largest absolute Gasteiger partial charge is 0.396 e. The Labute approximate surface area is 428 Å². The van der Waals surface area contributed by atoms with Gasteiger partial charge in [0.05, 0.1) is 44.2 Å². The normalized spacial score (nSPS) is 51.8. The lowest BCUT2D eigenvalue weighted by Crippen LogP contribution is -2.67. The van der Waals surface area contributed by atoms with Gasteiger partial charge in [-0.2, -0.15) is 0 Å². The molecule has 0 aromatic heterocycles. The smallest absolute Gasteiger partial charge is 0.187 e. The zero-order valence-corrected chi connectivity index (χ0v) is 43.5. The summed E-state index contributed by atoms with van der Waals surface area (Å²) in [6.45, 7) is 12.9. The average Bonchev–Trinajstić information content (AvgIpc) is 3.72. The van der Waals surface area contributed by atoms with E-state index in [2.05, 4.69) is 33.8 Å². The molecule has 13 N–H and O–H groups in total. The molecule has 4 saturated carbocycles. The zero-order valence-electron chi connectivity index (χ0n) is 43.5. The van der Waals surface area contributed by atoms with E-state index >= 15 is 0 Å². The van der Waals surface area contributed by atoms with Crippen molar-refractivity contribution in [1.82, 2.24) is 0 Å². The summed E-state index contributed by atoms with van der Waals surface area (Å²) in [5.74, 6) is -0.0884. The summed E-state index contributed by atoms with van der Waals surface area (Å²) < 4.78 is 48.9. The van der Waals surface area contributed by atoms with Crippen molar-refractivity contribution in [2.24, 2.45) is 45.3 Å². The average molecular weight is 1050 g/mol. The van der Waals surface area contributed by atoms with E-state index in [4.69, 9.17) is 37.9 Å². The molecule has 73 heavy (non-hydrogen) atoms. The molecular formula is C52H88O21. The van der Waals surface area contributed by atoms with Gasteiger partial charge >= 0.3 is 0 Å². The molecular weight excluding hydrogens is 961 g/mol. The van der Waals surface area contributed by atoms with Crippen LogP contribution in [0.25, 0.3) is 0 Å². The summed E-state index contributed by atoms with van der Waals surface area (Å²) in [6, 6.07) is 0. The summed E-state index contributed by atoms with van der Waals surface area (Å²) >= 11 is 0. The third kappa shape index (κ3) is 10.3. The van der Waals surface area contributed by atoms with Crippen LogP contribution in [0.3, 0.4) is 0 Å². The third-order valence-corrected chi connectivity index (χ3v) is 20.1. The topological polar surface area (TPSA) is 337 Å². The minimum absolute atomic E-state index is 0.0487. The maximum absolute atomic E-state index is 12.9. The minimum Gasteiger partial charge on any atom is -0.396 e. The Morgan fingerprint density at radius 1 is 0.616 bits per heavy atom. The Kier molecular flexibility index (Phi) is 17.7. The Morgan fingerprint density at radius 2 is 1.25 bits per heavy atom. The molecule has 0 spiro atoms. The van der Waals surface area contributed by atoms with Crippen molar-refractivity contribution in [2.45, 2.75) is 235 Å². The number of hydrogen-bond donors (Lipinski definition) is 13. The van der Waals surface area contributed by atoms with Gasteiger partial charge in [0.2, 0.25) is 0 Å². The number of rotatable bonds is 15. The highest BCUT2D eigenvalue weighted by Gasteiger charge is 2.71. The second-order valence-corrected chi connectivity index (χ2v) is 24.5. The number of allylic oxidation sites excluding steroid dienone is 2. The molecule has 4 saturated heterocycles. The number of aliphatic hydroxyl groups excluding tert-OH is 12. The van der Waals surface area contributed by atoms with Crippen molar-refractivity contribution in [1.29, 1.82) is 0 Å². The highest BCUT2D eigenvalue weighted by Crippen LogP contribution is 2.76. The Hall–Kier alpha value is -1.10. The number of hydrogen-bond acceptors (Lipinski definition) is 21. The van der Waals surface area contributed by atoms with Crippen molar-refractivity contribution in [3.05, 3.63) is 11.6 Å². The van der Waals surface area contributed by atoms with Crippen LogP contribution in [-0.2, 0) is 37.9 Å². The van der Waals surface area contributed by atoms with Gasteiger partial charge < -0.3 is 104 Å². The summed E-state index contributed by atoms with van der Waals surface area (Å²) in [4.78, 5) is 0. The molecule has 0 amide bonds. The van der Waals surface area contributed by atoms with Crippen molar-refractivity contribution < 1.29 is 104 Å². The molecule has 8 aliphatic rings. The first-order valence-corrected chi connectivity index (χ1v) is 26.8. The van der Waals surface area contributed by atoms with Gasteiger partial charge in [0.1, 0.15) is 79.4 Å². The van der Waals surface area contributed by atoms with E-state index in [1.807, 2.05) is 13.8 Å². The van der Waals surface area contributed by atoms with Crippen LogP contribution in [0, 0.1) is 45.3 Å². The van der Waals surface area contributed by atoms with Gasteiger partial charge in [-0.3, -0.25) is 0 Å². The molecule has 27 atom stereocenters. The van der Waals surface area contributed by atoms with Gasteiger partial charge in [-0.05, 0) is 125 Å². The predicted octanol–water partition coefficient (Wildman–Crippen LogP) is -0.923. The SMILES string of the molecule is CC(C)=CCC[C@@](O)(CO[C@H]1O[C@H](CO)[C@H](O)[C@@H](O)[C@H]1O)[C@H]1CC[C@@]2(C)[C@@H]1CC[C@@H]1[C@@]3(CO)CC[C@@H](O[C@H]4OC[C@@H](O)[C@@H](O[C@@H]5OC[C@@H](O)[C@H](O)[C@H]5O)[C@@H]4O[C@@H]4O[C@H](C)[C@H](O)[C@@H](O)[C@@H]4O)C(C)(C)[C@H]3CC[C@@]12C. The molecule has 4 aliphatic heterocycles. The molecule has 0 radical (unpaired) electrons. The van der Waals surface area contributed by atoms with Gasteiger partial charge in [-0.15, -0.1) is 0 Å². The second-order valence-electron chi connectivity index (χ2n) is 24.5. The van der Waals surface area contributed by atoms with Crippen molar-refractivity contribution >= 4 is 0 Å². The van der Waals surface area contributed by atoms with Crippen LogP contribution in [0.5, 0.6) is 0 Å². The molecule has 4 heterocycles. The van der Waals surface area contributed by atoms with Crippen LogP contribution in [-0.4, -0.2) is 222 Å². The van der Waals surface area contributed by atoms with Crippen LogP contribution in [0.15, 0.2) is 11.6 Å². The molecule has 8 rings (SSSR count). The van der Waals surface area contributed by atoms with E-state index in [1.165, 1.54) is 6.92 Å². The molecule has 4 aliphatic carbocycles. The van der Waals surface area contributed by atoms with E-state index in [1.54, 1.807) is 0 Å². The van der Waals surface area contributed by atoms with Crippen molar-refractivity contribution in [3.8, 4) is 0 Å². The fourth-order valence-corrected chi connectivity index (χ4v) is 15.7. The van der Waals surface area contributed by atoms with E-state index in [-0.39, 0.29) is 60.9 Å². The second kappa shape index (κ2) is 22.2. The van der Waals surface area contributed by atoms with Crippen molar-refractivity contribution in [2.75, 3.05) is 33.0 Å². The monoisotopic (exact) mass is 1050 g/mol. The van der Waals surface area contributed by atoms with Gasteiger partial charge in [-0.1, -0.05) is 39.3 Å². The van der Waals surface area contributed by atoms with E-state index in [0.29, 0.717) is 32.1 Å². The van der Waals surface area contributed by atoms with Crippen LogP contribution >= 0.6 is 0 Å². The molecule has 422 valence electrons. The standard InChI is InChI=1S/C52H88O21/c1-24(2)9-8-15-52(65,23-68-45-40(63)38(61)36(59)30(19-53)70-45)27-12-16-49(6)26(27)10-11-32-50(49,7)17-13-31-48(4,5)33(14-18-51(31,32)22-54)71-47-43(73-46-41(64)37(60)34(57)25(3)69-46)42(29(56)21-67-47)72-44-39(62)35(58)28(55)20-66-44/h9,25-47,53-65H,8,10-23H2,1-7H3/t25-,26-,27+,28-,29-,30-,31-,32+,33-,34+,35+,36+,37-,38-,39-,40-,41+,42-,43+,44+,45+,46+,47-,49+,50+,51-,52-/m1/s1. The van der Waals surface area contributed by atoms with Crippen molar-refractivity contribution in [3.63, 3.8) is 0 Å². The Bertz CT molecular complexity index is 1870. The van der Waals surface area contributed by atoms with Crippen LogP contribution < -0.4 is 0 Å². The zero-order chi connectivity index (χ0) is 53.3. The lowest BCUT2D eigenvalue weighted by molar-refractivity contribution is -0.384. The lowest BCUT2D eigenvalue weighted by Gasteiger charge is -2.70. The lowest BCUT2D eigenvalue weighted by atomic mass is 9.35. The maximum Gasteiger partial charge on any atom is 0.187 e. The Balaban J connectivity index is 1.02. The first-order chi connectivity index (χ1) is 34.3. The molecule has 0 aromatic carbocycles. The third-order valence-electron chi connectivity index (χ3n) is 20.1. The predicted molar refractivity (Wildman–Crippen MR) is 254 cm³/mol. The summed E-state index contributed by atoms with van der Waals surface area (Å²) in [7, 11) is 0. The molecule has 0 bridgehead atoms. The molecule has 0 aromatic rings. The van der Waals surface area contributed by atoms with E-state index < -0.39 is 140 Å². The first-order valence-electron chi connectivity index (χ1n) is 26.8.